The van der Waals surface area contributed by atoms with E-state index in [0.717, 1.165) is 17.7 Å². The first-order valence-corrected chi connectivity index (χ1v) is 9.24. The van der Waals surface area contributed by atoms with Crippen molar-refractivity contribution in [1.82, 2.24) is 9.55 Å². The Hall–Kier alpha value is -3.61. The van der Waals surface area contributed by atoms with Gasteiger partial charge in [-0.1, -0.05) is 48.5 Å². The number of para-hydroxylation sites is 1. The van der Waals surface area contributed by atoms with Crippen molar-refractivity contribution >= 4 is 11.0 Å². The third-order valence-electron chi connectivity index (χ3n) is 4.64. The Labute approximate surface area is 170 Å². The fourth-order valence-electron chi connectivity index (χ4n) is 3.15. The number of halogens is 3. The average Bonchev–Trinajstić information content (AvgIpc) is 2.75. The Kier molecular flexibility index (Phi) is 5.27. The zero-order valence-corrected chi connectivity index (χ0v) is 15.8. The molecule has 0 aliphatic carbocycles. The van der Waals surface area contributed by atoms with Crippen LogP contribution in [0.1, 0.15) is 16.8 Å². The smallest absolute Gasteiger partial charge is 0.416 e. The molecular weight excluding hydrogens is 393 g/mol. The van der Waals surface area contributed by atoms with Crippen LogP contribution in [0.5, 0.6) is 5.75 Å². The van der Waals surface area contributed by atoms with Crippen LogP contribution in [0.25, 0.3) is 11.0 Å². The van der Waals surface area contributed by atoms with Crippen LogP contribution in [-0.2, 0) is 19.3 Å². The lowest BCUT2D eigenvalue weighted by atomic mass is 10.1. The van der Waals surface area contributed by atoms with E-state index in [0.29, 0.717) is 11.3 Å². The number of nitrogens with zero attached hydrogens (tertiary/aromatic N) is 2. The second-order valence-electron chi connectivity index (χ2n) is 6.74. The SMILES string of the molecule is O=c1c(COc2ccccc2)nc2ccc(C(F)(F)F)cc2n1Cc1ccccc1. The lowest BCUT2D eigenvalue weighted by Gasteiger charge is -2.15. The minimum Gasteiger partial charge on any atom is -0.487 e. The van der Waals surface area contributed by atoms with E-state index in [4.69, 9.17) is 4.74 Å². The Morgan fingerprint density at radius 3 is 2.23 bits per heavy atom. The highest BCUT2D eigenvalue weighted by Crippen LogP contribution is 2.31. The van der Waals surface area contributed by atoms with Gasteiger partial charge in [-0.2, -0.15) is 13.2 Å². The number of alkyl halides is 3. The van der Waals surface area contributed by atoms with E-state index in [2.05, 4.69) is 4.98 Å². The molecular formula is C23H17F3N2O2. The van der Waals surface area contributed by atoms with Gasteiger partial charge in [0.1, 0.15) is 18.1 Å². The molecule has 3 aromatic carbocycles. The zero-order valence-electron chi connectivity index (χ0n) is 15.8. The zero-order chi connectivity index (χ0) is 21.1. The second kappa shape index (κ2) is 8.02. The van der Waals surface area contributed by atoms with Crippen molar-refractivity contribution in [1.29, 1.82) is 0 Å². The molecule has 0 saturated carbocycles. The van der Waals surface area contributed by atoms with Crippen molar-refractivity contribution < 1.29 is 17.9 Å². The van der Waals surface area contributed by atoms with Crippen molar-refractivity contribution in [3.05, 3.63) is 106 Å². The van der Waals surface area contributed by atoms with E-state index in [1.165, 1.54) is 10.6 Å². The van der Waals surface area contributed by atoms with Crippen molar-refractivity contribution in [3.8, 4) is 5.75 Å². The van der Waals surface area contributed by atoms with Gasteiger partial charge in [0.25, 0.3) is 5.56 Å². The normalized spacial score (nSPS) is 11.6. The molecule has 7 heteroatoms. The van der Waals surface area contributed by atoms with Gasteiger partial charge in [-0.25, -0.2) is 4.98 Å². The quantitative estimate of drug-likeness (QED) is 0.463. The molecule has 4 aromatic rings. The predicted molar refractivity (Wildman–Crippen MR) is 107 cm³/mol. The molecule has 0 amide bonds. The standard InChI is InChI=1S/C23H17F3N2O2/c24-23(25,26)17-11-12-19-21(13-17)28(14-16-7-3-1-4-8-16)22(29)20(27-19)15-30-18-9-5-2-6-10-18/h1-13H,14-15H2. The summed E-state index contributed by atoms with van der Waals surface area (Å²) in [5.74, 6) is 0.570. The highest BCUT2D eigenvalue weighted by atomic mass is 19.4. The summed E-state index contributed by atoms with van der Waals surface area (Å²) in [5, 5.41) is 0. The van der Waals surface area contributed by atoms with Gasteiger partial charge in [0.2, 0.25) is 0 Å². The summed E-state index contributed by atoms with van der Waals surface area (Å²) >= 11 is 0. The summed E-state index contributed by atoms with van der Waals surface area (Å²) in [6.07, 6.45) is -4.52. The minimum absolute atomic E-state index is 0.0887. The molecule has 0 radical (unpaired) electrons. The van der Waals surface area contributed by atoms with Crippen molar-refractivity contribution in [2.24, 2.45) is 0 Å². The molecule has 0 aliphatic heterocycles. The summed E-state index contributed by atoms with van der Waals surface area (Å²) < 4.78 is 46.7. The first kappa shape index (κ1) is 19.7. The molecule has 0 spiro atoms. The summed E-state index contributed by atoms with van der Waals surface area (Å²) in [6.45, 7) is 0.0347. The van der Waals surface area contributed by atoms with Crippen molar-refractivity contribution in [2.45, 2.75) is 19.3 Å². The Morgan fingerprint density at radius 1 is 0.900 bits per heavy atom. The molecule has 1 aromatic heterocycles. The van der Waals surface area contributed by atoms with Crippen LogP contribution in [-0.4, -0.2) is 9.55 Å². The first-order valence-electron chi connectivity index (χ1n) is 9.24. The van der Waals surface area contributed by atoms with E-state index in [1.807, 2.05) is 36.4 Å². The molecule has 0 saturated heterocycles. The van der Waals surface area contributed by atoms with Gasteiger partial charge >= 0.3 is 6.18 Å². The third kappa shape index (κ3) is 4.20. The minimum atomic E-state index is -4.52. The van der Waals surface area contributed by atoms with E-state index < -0.39 is 17.3 Å². The molecule has 0 bridgehead atoms. The highest BCUT2D eigenvalue weighted by Gasteiger charge is 2.31. The van der Waals surface area contributed by atoms with Crippen molar-refractivity contribution in [2.75, 3.05) is 0 Å². The topological polar surface area (TPSA) is 44.1 Å². The van der Waals surface area contributed by atoms with Crippen LogP contribution in [0, 0.1) is 0 Å². The molecule has 0 unspecified atom stereocenters. The fraction of sp³-hybridized carbons (Fsp3) is 0.130. The maximum Gasteiger partial charge on any atom is 0.416 e. The lowest BCUT2D eigenvalue weighted by Crippen LogP contribution is -2.27. The molecule has 0 N–H and O–H groups in total. The molecule has 4 rings (SSSR count). The maximum atomic E-state index is 13.2. The summed E-state index contributed by atoms with van der Waals surface area (Å²) in [4.78, 5) is 17.4. The number of hydrogen-bond donors (Lipinski definition) is 0. The van der Waals surface area contributed by atoms with Crippen LogP contribution < -0.4 is 10.3 Å². The predicted octanol–water partition coefficient (Wildman–Crippen LogP) is 5.04. The summed E-state index contributed by atoms with van der Waals surface area (Å²) in [7, 11) is 0. The van der Waals surface area contributed by atoms with E-state index in [-0.39, 0.29) is 24.4 Å². The van der Waals surface area contributed by atoms with Gasteiger partial charge in [-0.05, 0) is 35.9 Å². The van der Waals surface area contributed by atoms with Crippen LogP contribution in [0.2, 0.25) is 0 Å². The Balaban J connectivity index is 1.81. The molecule has 0 atom stereocenters. The number of fused-ring (bicyclic) bond motifs is 1. The molecule has 1 heterocycles. The summed E-state index contributed by atoms with van der Waals surface area (Å²) in [6, 6.07) is 21.2. The molecule has 152 valence electrons. The molecule has 0 aliphatic rings. The number of ether oxygens (including phenoxy) is 1. The number of hydrogen-bond acceptors (Lipinski definition) is 3. The number of rotatable bonds is 5. The largest absolute Gasteiger partial charge is 0.487 e. The lowest BCUT2D eigenvalue weighted by molar-refractivity contribution is -0.137. The van der Waals surface area contributed by atoms with E-state index in [1.54, 1.807) is 24.3 Å². The monoisotopic (exact) mass is 410 g/mol. The maximum absolute atomic E-state index is 13.2. The van der Waals surface area contributed by atoms with Crippen LogP contribution in [0.3, 0.4) is 0 Å². The van der Waals surface area contributed by atoms with Crippen LogP contribution in [0.4, 0.5) is 13.2 Å². The fourth-order valence-corrected chi connectivity index (χ4v) is 3.15. The summed E-state index contributed by atoms with van der Waals surface area (Å²) in [5.41, 5.74) is 0.0294. The van der Waals surface area contributed by atoms with Gasteiger partial charge < -0.3 is 9.30 Å². The second-order valence-corrected chi connectivity index (χ2v) is 6.74. The van der Waals surface area contributed by atoms with Gasteiger partial charge in [0.05, 0.1) is 23.1 Å². The Bertz CT molecular complexity index is 1220. The molecule has 4 nitrogen and oxygen atoms in total. The van der Waals surface area contributed by atoms with Gasteiger partial charge in [0, 0.05) is 0 Å². The van der Waals surface area contributed by atoms with Gasteiger partial charge in [-0.3, -0.25) is 4.79 Å². The molecule has 0 fully saturated rings. The van der Waals surface area contributed by atoms with Gasteiger partial charge in [0.15, 0.2) is 0 Å². The first-order chi connectivity index (χ1) is 14.4. The Morgan fingerprint density at radius 2 is 1.57 bits per heavy atom. The molecule has 30 heavy (non-hydrogen) atoms. The highest BCUT2D eigenvalue weighted by molar-refractivity contribution is 5.76. The average molecular weight is 410 g/mol. The van der Waals surface area contributed by atoms with Gasteiger partial charge in [-0.15, -0.1) is 0 Å². The number of aromatic nitrogens is 2. The third-order valence-corrected chi connectivity index (χ3v) is 4.64. The van der Waals surface area contributed by atoms with Crippen LogP contribution >= 0.6 is 0 Å². The number of benzene rings is 3. The van der Waals surface area contributed by atoms with Crippen molar-refractivity contribution in [3.63, 3.8) is 0 Å². The van der Waals surface area contributed by atoms with E-state index in [9.17, 15) is 18.0 Å². The van der Waals surface area contributed by atoms with E-state index >= 15 is 0 Å². The van der Waals surface area contributed by atoms with Crippen LogP contribution in [0.15, 0.2) is 83.7 Å².